The summed E-state index contributed by atoms with van der Waals surface area (Å²) in [5.74, 6) is -0.0289. The van der Waals surface area contributed by atoms with E-state index in [1.54, 1.807) is 12.3 Å². The lowest BCUT2D eigenvalue weighted by atomic mass is 9.98. The number of rotatable bonds is 5. The molecule has 6 nitrogen and oxygen atoms in total. The molecule has 0 aliphatic carbocycles. The van der Waals surface area contributed by atoms with Crippen molar-refractivity contribution in [2.24, 2.45) is 0 Å². The van der Waals surface area contributed by atoms with Crippen LogP contribution in [-0.2, 0) is 0 Å². The normalized spacial score (nSPS) is 14.9. The molecule has 3 rings (SSSR count). The van der Waals surface area contributed by atoms with Gasteiger partial charge in [0.05, 0.1) is 11.1 Å². The molecule has 1 aliphatic rings. The van der Waals surface area contributed by atoms with Gasteiger partial charge in [0.25, 0.3) is 11.8 Å². The average molecular weight is 395 g/mol. The number of aromatic nitrogens is 1. The van der Waals surface area contributed by atoms with Gasteiger partial charge in [-0.1, -0.05) is 39.0 Å². The van der Waals surface area contributed by atoms with Crippen LogP contribution in [0.2, 0.25) is 0 Å². The van der Waals surface area contributed by atoms with Gasteiger partial charge in [-0.2, -0.15) is 0 Å². The highest BCUT2D eigenvalue weighted by Gasteiger charge is 2.22. The number of hydrogen-bond acceptors (Lipinski definition) is 4. The monoisotopic (exact) mass is 394 g/mol. The summed E-state index contributed by atoms with van der Waals surface area (Å²) in [6.45, 7) is 12.5. The average Bonchev–Trinajstić information content (AvgIpc) is 2.74. The molecular weight excluding hydrogens is 364 g/mol. The number of carbonyl (C=O) groups excluding carboxylic acids is 2. The Morgan fingerprint density at radius 2 is 1.79 bits per heavy atom. The van der Waals surface area contributed by atoms with Gasteiger partial charge in [-0.25, -0.2) is 0 Å². The van der Waals surface area contributed by atoms with Crippen LogP contribution >= 0.6 is 0 Å². The Kier molecular flexibility index (Phi) is 6.64. The molecule has 2 amide bonds. The van der Waals surface area contributed by atoms with Crippen LogP contribution in [0, 0.1) is 6.92 Å². The number of carbonyl (C=O) groups is 2. The van der Waals surface area contributed by atoms with Gasteiger partial charge in [0.15, 0.2) is 0 Å². The minimum absolute atomic E-state index is 0.0679. The maximum absolute atomic E-state index is 12.9. The molecule has 1 aliphatic heterocycles. The third-order valence-corrected chi connectivity index (χ3v) is 5.52. The lowest BCUT2D eigenvalue weighted by Gasteiger charge is -2.34. The fourth-order valence-corrected chi connectivity index (χ4v) is 3.66. The van der Waals surface area contributed by atoms with Gasteiger partial charge in [0.2, 0.25) is 0 Å². The fourth-order valence-electron chi connectivity index (χ4n) is 3.66. The van der Waals surface area contributed by atoms with Crippen molar-refractivity contribution in [2.75, 3.05) is 38.0 Å². The number of piperazine rings is 1. The predicted molar refractivity (Wildman–Crippen MR) is 115 cm³/mol. The summed E-state index contributed by atoms with van der Waals surface area (Å²) in [6, 6.07) is 7.65. The first-order chi connectivity index (χ1) is 13.9. The van der Waals surface area contributed by atoms with Crippen LogP contribution in [0.4, 0.5) is 5.69 Å². The van der Waals surface area contributed by atoms with E-state index in [0.29, 0.717) is 24.2 Å². The lowest BCUT2D eigenvalue weighted by molar-refractivity contribution is 0.0643. The van der Waals surface area contributed by atoms with Crippen molar-refractivity contribution in [3.8, 4) is 0 Å². The second kappa shape index (κ2) is 9.18. The summed E-state index contributed by atoms with van der Waals surface area (Å²) in [6.07, 6.45) is 3.05. The number of nitrogens with one attached hydrogen (secondary N) is 1. The maximum Gasteiger partial charge on any atom is 0.257 e. The highest BCUT2D eigenvalue weighted by molar-refractivity contribution is 6.06. The molecule has 1 fully saturated rings. The van der Waals surface area contributed by atoms with Crippen LogP contribution in [0.25, 0.3) is 0 Å². The Balaban J connectivity index is 1.76. The molecule has 0 spiro atoms. The molecule has 1 aromatic carbocycles. The minimum atomic E-state index is -0.251. The number of anilines is 1. The molecule has 0 atom stereocenters. The van der Waals surface area contributed by atoms with Crippen molar-refractivity contribution in [3.05, 3.63) is 58.9 Å². The second-order valence-electron chi connectivity index (χ2n) is 7.84. The topological polar surface area (TPSA) is 65.5 Å². The van der Waals surface area contributed by atoms with Crippen molar-refractivity contribution < 1.29 is 9.59 Å². The van der Waals surface area contributed by atoms with Gasteiger partial charge >= 0.3 is 0 Å². The van der Waals surface area contributed by atoms with E-state index in [4.69, 9.17) is 0 Å². The number of amides is 2. The van der Waals surface area contributed by atoms with E-state index in [0.717, 1.165) is 36.4 Å². The van der Waals surface area contributed by atoms with Gasteiger partial charge in [-0.3, -0.25) is 14.6 Å². The lowest BCUT2D eigenvalue weighted by Crippen LogP contribution is -2.48. The largest absolute Gasteiger partial charge is 0.336 e. The zero-order valence-corrected chi connectivity index (χ0v) is 17.7. The van der Waals surface area contributed by atoms with E-state index >= 15 is 0 Å². The van der Waals surface area contributed by atoms with E-state index in [9.17, 15) is 9.59 Å². The molecule has 0 unspecified atom stereocenters. The molecule has 1 N–H and O–H groups in total. The fraction of sp³-hybridized carbons (Fsp3) is 0.435. The molecule has 0 radical (unpaired) electrons. The Bertz CT molecular complexity index is 886. The SMILES string of the molecule is CCN1CCN(C(=O)c2cncc(C(=O)Nc3c(C)cccc3C(C)C)c2)CC1. The third kappa shape index (κ3) is 4.82. The van der Waals surface area contributed by atoms with Crippen LogP contribution in [0.3, 0.4) is 0 Å². The zero-order valence-electron chi connectivity index (χ0n) is 17.7. The standard InChI is InChI=1S/C23H30N4O2/c1-5-26-9-11-27(12-10-26)23(29)19-13-18(14-24-15-19)22(28)25-21-17(4)7-6-8-20(21)16(2)3/h6-8,13-16H,5,9-12H2,1-4H3,(H,25,28). The molecule has 2 aromatic rings. The number of likely N-dealkylation sites (N-methyl/N-ethyl adjacent to an activating group) is 1. The van der Waals surface area contributed by atoms with Crippen LogP contribution in [0.5, 0.6) is 0 Å². The number of pyridine rings is 1. The molecular formula is C23H30N4O2. The number of para-hydroxylation sites is 1. The highest BCUT2D eigenvalue weighted by Crippen LogP contribution is 2.27. The zero-order chi connectivity index (χ0) is 21.0. The molecule has 6 heteroatoms. The van der Waals surface area contributed by atoms with E-state index in [2.05, 4.69) is 36.0 Å². The first kappa shape index (κ1) is 21.0. The summed E-state index contributed by atoms with van der Waals surface area (Å²) in [5, 5.41) is 3.03. The Morgan fingerprint density at radius 1 is 1.10 bits per heavy atom. The second-order valence-corrected chi connectivity index (χ2v) is 7.84. The summed E-state index contributed by atoms with van der Waals surface area (Å²) in [5.41, 5.74) is 3.78. The number of aryl methyl sites for hydroxylation is 1. The van der Waals surface area contributed by atoms with Crippen LogP contribution in [0.1, 0.15) is 58.5 Å². The molecule has 0 bridgehead atoms. The van der Waals surface area contributed by atoms with Crippen LogP contribution in [0.15, 0.2) is 36.7 Å². The van der Waals surface area contributed by atoms with Crippen molar-refractivity contribution in [3.63, 3.8) is 0 Å². The van der Waals surface area contributed by atoms with Crippen molar-refractivity contribution in [1.82, 2.24) is 14.8 Å². The Labute approximate surface area is 172 Å². The van der Waals surface area contributed by atoms with Crippen LogP contribution in [-0.4, -0.2) is 59.3 Å². The first-order valence-corrected chi connectivity index (χ1v) is 10.3. The van der Waals surface area contributed by atoms with Gasteiger partial charge < -0.3 is 15.1 Å². The minimum Gasteiger partial charge on any atom is -0.336 e. The van der Waals surface area contributed by atoms with Gasteiger partial charge in [-0.15, -0.1) is 0 Å². The quantitative estimate of drug-likeness (QED) is 0.842. The van der Waals surface area contributed by atoms with E-state index < -0.39 is 0 Å². The van der Waals surface area contributed by atoms with Gasteiger partial charge in [0, 0.05) is 44.3 Å². The predicted octanol–water partition coefficient (Wildman–Crippen LogP) is 3.54. The Hall–Kier alpha value is -2.73. The van der Waals surface area contributed by atoms with Crippen molar-refractivity contribution in [2.45, 2.75) is 33.6 Å². The summed E-state index contributed by atoms with van der Waals surface area (Å²) >= 11 is 0. The number of benzene rings is 1. The van der Waals surface area contributed by atoms with E-state index in [1.165, 1.54) is 6.20 Å². The number of nitrogens with zero attached hydrogens (tertiary/aromatic N) is 3. The van der Waals surface area contributed by atoms with E-state index in [1.807, 2.05) is 30.0 Å². The van der Waals surface area contributed by atoms with Gasteiger partial charge in [0.1, 0.15) is 0 Å². The van der Waals surface area contributed by atoms with Crippen molar-refractivity contribution >= 4 is 17.5 Å². The molecule has 0 saturated carbocycles. The van der Waals surface area contributed by atoms with E-state index in [-0.39, 0.29) is 17.7 Å². The summed E-state index contributed by atoms with van der Waals surface area (Å²) in [7, 11) is 0. The molecule has 1 aromatic heterocycles. The summed E-state index contributed by atoms with van der Waals surface area (Å²) in [4.78, 5) is 34.1. The molecule has 1 saturated heterocycles. The highest BCUT2D eigenvalue weighted by atomic mass is 16.2. The van der Waals surface area contributed by atoms with Crippen LogP contribution < -0.4 is 5.32 Å². The first-order valence-electron chi connectivity index (χ1n) is 10.3. The van der Waals surface area contributed by atoms with Gasteiger partial charge in [-0.05, 0) is 36.6 Å². The smallest absolute Gasteiger partial charge is 0.257 e. The Morgan fingerprint density at radius 3 is 2.45 bits per heavy atom. The number of hydrogen-bond donors (Lipinski definition) is 1. The van der Waals surface area contributed by atoms with Crippen molar-refractivity contribution in [1.29, 1.82) is 0 Å². The molecule has 29 heavy (non-hydrogen) atoms. The summed E-state index contributed by atoms with van der Waals surface area (Å²) < 4.78 is 0. The molecule has 154 valence electrons. The molecule has 2 heterocycles. The third-order valence-electron chi connectivity index (χ3n) is 5.52. The maximum atomic E-state index is 12.9.